The predicted molar refractivity (Wildman–Crippen MR) is 159 cm³/mol. The lowest BCUT2D eigenvalue weighted by Crippen LogP contribution is -2.59. The molecule has 0 amide bonds. The largest absolute Gasteiger partial charge is 0.448 e. The highest BCUT2D eigenvalue weighted by atomic mass is 32.2. The van der Waals surface area contributed by atoms with Crippen molar-refractivity contribution in [1.29, 1.82) is 0 Å². The van der Waals surface area contributed by atoms with Crippen LogP contribution in [0.4, 0.5) is 0 Å². The first-order valence-corrected chi connectivity index (χ1v) is 15.9. The van der Waals surface area contributed by atoms with Gasteiger partial charge in [0, 0.05) is 30.9 Å². The SMILES string of the molecule is CCSC1OC(=O)[C@H](C)C(=O)[C@H](C)[C@@H](OC2O[C@H](C)C[C@H](N(C)C)[C@H]2O)[C@@](C)(OC)C[C@@H](C)C(=O)[C@H](C)[C@@H](O)[C@]1(C)O. The molecule has 42 heavy (non-hydrogen) atoms. The third-order valence-electron chi connectivity index (χ3n) is 9.05. The van der Waals surface area contributed by atoms with E-state index >= 15 is 0 Å². The molecule has 2 heterocycles. The van der Waals surface area contributed by atoms with Gasteiger partial charge in [-0.15, -0.1) is 11.8 Å². The highest BCUT2D eigenvalue weighted by Crippen LogP contribution is 2.39. The Hall–Kier alpha value is -1.12. The second-order valence-corrected chi connectivity index (χ2v) is 14.1. The molecule has 0 aromatic heterocycles. The number of nitrogens with zero attached hydrogens (tertiary/aromatic N) is 1. The van der Waals surface area contributed by atoms with E-state index < -0.39 is 76.7 Å². The molecule has 12 heteroatoms. The van der Waals surface area contributed by atoms with Crippen molar-refractivity contribution in [2.75, 3.05) is 27.0 Å². The van der Waals surface area contributed by atoms with Crippen LogP contribution in [-0.4, -0.2) is 118 Å². The Kier molecular flexibility index (Phi) is 13.0. The number of aliphatic hydroxyl groups is 3. The van der Waals surface area contributed by atoms with E-state index in [1.54, 1.807) is 27.7 Å². The van der Waals surface area contributed by atoms with E-state index in [1.807, 2.05) is 25.9 Å². The molecule has 2 fully saturated rings. The minimum absolute atomic E-state index is 0.0886. The van der Waals surface area contributed by atoms with E-state index in [4.69, 9.17) is 18.9 Å². The Morgan fingerprint density at radius 1 is 1.02 bits per heavy atom. The van der Waals surface area contributed by atoms with E-state index in [2.05, 4.69) is 0 Å². The van der Waals surface area contributed by atoms with Gasteiger partial charge in [0.2, 0.25) is 0 Å². The molecule has 0 saturated carbocycles. The zero-order valence-corrected chi connectivity index (χ0v) is 27.8. The number of rotatable bonds is 6. The van der Waals surface area contributed by atoms with Crippen molar-refractivity contribution in [2.24, 2.45) is 23.7 Å². The molecule has 244 valence electrons. The van der Waals surface area contributed by atoms with Gasteiger partial charge in [0.25, 0.3) is 0 Å². The summed E-state index contributed by atoms with van der Waals surface area (Å²) in [5.41, 5.74) is -4.47. The van der Waals surface area contributed by atoms with Crippen molar-refractivity contribution in [3.05, 3.63) is 0 Å². The van der Waals surface area contributed by atoms with Crippen LogP contribution >= 0.6 is 11.8 Å². The molecule has 0 aliphatic carbocycles. The number of ketones is 2. The van der Waals surface area contributed by atoms with Gasteiger partial charge in [-0.25, -0.2) is 0 Å². The molecule has 2 aliphatic rings. The van der Waals surface area contributed by atoms with Gasteiger partial charge in [-0.2, -0.15) is 0 Å². The summed E-state index contributed by atoms with van der Waals surface area (Å²) >= 11 is 1.10. The van der Waals surface area contributed by atoms with Gasteiger partial charge in [-0.1, -0.05) is 27.7 Å². The zero-order valence-electron chi connectivity index (χ0n) is 27.0. The summed E-state index contributed by atoms with van der Waals surface area (Å²) in [5, 5.41) is 33.7. The summed E-state index contributed by atoms with van der Waals surface area (Å²) in [7, 11) is 5.16. The maximum Gasteiger partial charge on any atom is 0.317 e. The van der Waals surface area contributed by atoms with Crippen LogP contribution in [0, 0.1) is 23.7 Å². The molecule has 0 aromatic carbocycles. The number of carbonyl (C=O) groups is 3. The second kappa shape index (κ2) is 14.8. The average Bonchev–Trinajstić information content (AvgIpc) is 2.93. The number of aliphatic hydroxyl groups excluding tert-OH is 2. The first kappa shape index (κ1) is 37.1. The number of hydrogen-bond donors (Lipinski definition) is 3. The highest BCUT2D eigenvalue weighted by Gasteiger charge is 2.52. The van der Waals surface area contributed by atoms with Crippen LogP contribution in [0.3, 0.4) is 0 Å². The molecule has 0 bridgehead atoms. The topological polar surface area (TPSA) is 152 Å². The molecule has 0 aromatic rings. The van der Waals surface area contributed by atoms with E-state index in [0.29, 0.717) is 12.2 Å². The van der Waals surface area contributed by atoms with Crippen molar-refractivity contribution in [3.8, 4) is 0 Å². The summed E-state index contributed by atoms with van der Waals surface area (Å²) in [4.78, 5) is 42.7. The van der Waals surface area contributed by atoms with Crippen molar-refractivity contribution >= 4 is 29.3 Å². The van der Waals surface area contributed by atoms with Gasteiger partial charge < -0.3 is 39.2 Å². The van der Waals surface area contributed by atoms with Crippen LogP contribution in [0.15, 0.2) is 0 Å². The van der Waals surface area contributed by atoms with E-state index in [0.717, 1.165) is 11.8 Å². The van der Waals surface area contributed by atoms with E-state index in [9.17, 15) is 29.7 Å². The van der Waals surface area contributed by atoms with E-state index in [-0.39, 0.29) is 24.3 Å². The maximum atomic E-state index is 13.9. The normalized spacial score (nSPS) is 45.0. The number of cyclic esters (lactones) is 1. The number of thioether (sulfide) groups is 1. The number of Topliss-reactive ketones (excluding diaryl/α,β-unsaturated/α-hetero) is 2. The summed E-state index contributed by atoms with van der Waals surface area (Å²) < 4.78 is 24.1. The summed E-state index contributed by atoms with van der Waals surface area (Å²) in [6.45, 7) is 13.0. The fourth-order valence-electron chi connectivity index (χ4n) is 6.20. The fraction of sp³-hybridized carbons (Fsp3) is 0.900. The number of carbonyl (C=O) groups excluding carboxylic acids is 3. The number of methoxy groups -OCH3 is 1. The van der Waals surface area contributed by atoms with Crippen molar-refractivity contribution < 1.29 is 48.7 Å². The lowest BCUT2D eigenvalue weighted by Gasteiger charge is -2.47. The third kappa shape index (κ3) is 7.93. The van der Waals surface area contributed by atoms with Gasteiger partial charge in [-0.3, -0.25) is 14.4 Å². The molecule has 0 radical (unpaired) electrons. The van der Waals surface area contributed by atoms with Crippen LogP contribution in [0.25, 0.3) is 0 Å². The summed E-state index contributed by atoms with van der Waals surface area (Å²) in [6, 6.07) is -0.269. The molecule has 2 saturated heterocycles. The van der Waals surface area contributed by atoms with Crippen LogP contribution in [0.5, 0.6) is 0 Å². The molecule has 11 nitrogen and oxygen atoms in total. The van der Waals surface area contributed by atoms with Crippen LogP contribution in [-0.2, 0) is 33.3 Å². The first-order valence-electron chi connectivity index (χ1n) is 14.8. The summed E-state index contributed by atoms with van der Waals surface area (Å²) in [6.07, 6.45) is -4.34. The molecule has 13 atom stereocenters. The Balaban J connectivity index is 2.62. The minimum Gasteiger partial charge on any atom is -0.448 e. The molecule has 2 rings (SSSR count). The van der Waals surface area contributed by atoms with Crippen molar-refractivity contribution in [2.45, 2.75) is 122 Å². The Labute approximate surface area is 255 Å². The van der Waals surface area contributed by atoms with Crippen molar-refractivity contribution in [1.82, 2.24) is 4.90 Å². The molecular formula is C30H53NO10S. The summed E-state index contributed by atoms with van der Waals surface area (Å²) in [5.74, 6) is -5.16. The van der Waals surface area contributed by atoms with Gasteiger partial charge in [-0.05, 0) is 60.4 Å². The lowest BCUT2D eigenvalue weighted by molar-refractivity contribution is -0.295. The van der Waals surface area contributed by atoms with Crippen molar-refractivity contribution in [3.63, 3.8) is 0 Å². The fourth-order valence-corrected chi connectivity index (χ4v) is 7.15. The zero-order chi connectivity index (χ0) is 32.3. The standard InChI is InChI=1S/C30H53NO10S/c1-12-42-28-30(8,37)24(35)17(4)21(32)15(2)14-29(7,38-11)25(18(5)22(33)19(6)26(36)41-28)40-27-23(34)20(31(9)10)13-16(3)39-27/h15-20,23-25,27-28,34-35,37H,12-14H2,1-11H3/t15-,16-,17+,18+,19-,20+,23-,24-,25-,27?,28?,29+,30+/m1/s1. The number of likely N-dealkylation sites (N-methyl/N-ethyl adjacent to an activating group) is 1. The van der Waals surface area contributed by atoms with Crippen LogP contribution in [0.1, 0.15) is 68.2 Å². The molecule has 2 unspecified atom stereocenters. The van der Waals surface area contributed by atoms with Crippen LogP contribution in [0.2, 0.25) is 0 Å². The second-order valence-electron chi connectivity index (χ2n) is 12.7. The number of ether oxygens (including phenoxy) is 4. The Bertz CT molecular complexity index is 947. The van der Waals surface area contributed by atoms with E-state index in [1.165, 1.54) is 27.9 Å². The Morgan fingerprint density at radius 3 is 2.14 bits per heavy atom. The minimum atomic E-state index is -1.98. The molecule has 2 aliphatic heterocycles. The molecular weight excluding hydrogens is 566 g/mol. The lowest BCUT2D eigenvalue weighted by atomic mass is 9.75. The highest BCUT2D eigenvalue weighted by molar-refractivity contribution is 7.99. The monoisotopic (exact) mass is 619 g/mol. The molecule has 0 spiro atoms. The maximum absolute atomic E-state index is 13.9. The van der Waals surface area contributed by atoms with Crippen LogP contribution < -0.4 is 0 Å². The number of hydrogen-bond acceptors (Lipinski definition) is 12. The number of esters is 1. The first-order chi connectivity index (χ1) is 19.3. The van der Waals surface area contributed by atoms with Gasteiger partial charge >= 0.3 is 5.97 Å². The quantitative estimate of drug-likeness (QED) is 0.295. The van der Waals surface area contributed by atoms with Gasteiger partial charge in [0.1, 0.15) is 23.4 Å². The Morgan fingerprint density at radius 2 is 1.62 bits per heavy atom. The molecule has 3 N–H and O–H groups in total. The predicted octanol–water partition coefficient (Wildman–Crippen LogP) is 2.02. The smallest absolute Gasteiger partial charge is 0.317 e. The van der Waals surface area contributed by atoms with Gasteiger partial charge in [0.15, 0.2) is 17.5 Å². The van der Waals surface area contributed by atoms with Gasteiger partial charge in [0.05, 0.1) is 23.9 Å². The average molecular weight is 620 g/mol. The third-order valence-corrected chi connectivity index (χ3v) is 10.3.